The Morgan fingerprint density at radius 2 is 1.81 bits per heavy atom. The van der Waals surface area contributed by atoms with Crippen LogP contribution < -0.4 is 0 Å². The van der Waals surface area contributed by atoms with Crippen LogP contribution in [0.15, 0.2) is 34.9 Å². The quantitative estimate of drug-likeness (QED) is 0.848. The number of carbonyl (C=O) groups excluding carboxylic acids is 1. The van der Waals surface area contributed by atoms with E-state index in [1.807, 2.05) is 11.0 Å². The van der Waals surface area contributed by atoms with Gasteiger partial charge in [0.15, 0.2) is 0 Å². The van der Waals surface area contributed by atoms with Gasteiger partial charge in [-0.05, 0) is 36.3 Å². The van der Waals surface area contributed by atoms with Crippen molar-refractivity contribution in [2.45, 2.75) is 39.2 Å². The van der Waals surface area contributed by atoms with E-state index < -0.39 is 0 Å². The Morgan fingerprint density at radius 1 is 1.15 bits per heavy atom. The van der Waals surface area contributed by atoms with Crippen LogP contribution in [0.25, 0.3) is 0 Å². The summed E-state index contributed by atoms with van der Waals surface area (Å²) in [7, 11) is 0. The predicted molar refractivity (Wildman–Crippen MR) is 100 cm³/mol. The highest BCUT2D eigenvalue weighted by Crippen LogP contribution is 2.26. The average Bonchev–Trinajstić information content (AvgIpc) is 3.27. The summed E-state index contributed by atoms with van der Waals surface area (Å²) in [5, 5.41) is 4.04. The summed E-state index contributed by atoms with van der Waals surface area (Å²) < 4.78 is 5.29. The Bertz CT molecular complexity index is 750. The number of aromatic nitrogens is 1. The molecule has 1 aliphatic carbocycles. The number of carbonyl (C=O) groups is 1. The van der Waals surface area contributed by atoms with E-state index in [0.717, 1.165) is 51.1 Å². The van der Waals surface area contributed by atoms with Crippen molar-refractivity contribution >= 4 is 5.91 Å². The third kappa shape index (κ3) is 3.54. The maximum atomic E-state index is 12.7. The van der Waals surface area contributed by atoms with Crippen molar-refractivity contribution in [1.82, 2.24) is 15.0 Å². The molecule has 0 spiro atoms. The molecule has 0 bridgehead atoms. The fraction of sp³-hybridized carbons (Fsp3) is 0.524. The van der Waals surface area contributed by atoms with Crippen LogP contribution >= 0.6 is 0 Å². The Morgan fingerprint density at radius 3 is 2.42 bits per heavy atom. The Kier molecular flexibility index (Phi) is 4.81. The molecule has 0 unspecified atom stereocenters. The van der Waals surface area contributed by atoms with Gasteiger partial charge in [-0.15, -0.1) is 0 Å². The second-order valence-corrected chi connectivity index (χ2v) is 7.94. The van der Waals surface area contributed by atoms with Gasteiger partial charge in [-0.25, -0.2) is 0 Å². The first-order valence-corrected chi connectivity index (χ1v) is 9.66. The van der Waals surface area contributed by atoms with Gasteiger partial charge in [0.1, 0.15) is 0 Å². The molecular weight excluding hydrogens is 326 g/mol. The molecule has 1 aliphatic heterocycles. The van der Waals surface area contributed by atoms with Gasteiger partial charge >= 0.3 is 0 Å². The number of benzene rings is 1. The van der Waals surface area contributed by atoms with Crippen LogP contribution in [0.1, 0.15) is 41.2 Å². The van der Waals surface area contributed by atoms with Crippen molar-refractivity contribution in [3.05, 3.63) is 52.9 Å². The highest BCUT2D eigenvalue weighted by molar-refractivity contribution is 5.91. The largest absolute Gasteiger partial charge is 0.351 e. The molecule has 2 aromatic rings. The molecule has 0 N–H and O–H groups in total. The lowest BCUT2D eigenvalue weighted by Crippen LogP contribution is -2.52. The third-order valence-corrected chi connectivity index (χ3v) is 5.53. The van der Waals surface area contributed by atoms with Crippen LogP contribution in [0.4, 0.5) is 0 Å². The van der Waals surface area contributed by atoms with Gasteiger partial charge < -0.3 is 9.42 Å². The third-order valence-electron chi connectivity index (χ3n) is 5.53. The zero-order valence-electron chi connectivity index (χ0n) is 15.6. The van der Waals surface area contributed by atoms with Gasteiger partial charge in [-0.1, -0.05) is 43.3 Å². The molecule has 0 saturated carbocycles. The van der Waals surface area contributed by atoms with E-state index >= 15 is 0 Å². The summed E-state index contributed by atoms with van der Waals surface area (Å²) in [4.78, 5) is 17.1. The summed E-state index contributed by atoms with van der Waals surface area (Å²) in [6.45, 7) is 7.64. The normalized spacial score (nSPS) is 18.5. The minimum atomic E-state index is -0.0261. The van der Waals surface area contributed by atoms with Crippen molar-refractivity contribution < 1.29 is 9.32 Å². The van der Waals surface area contributed by atoms with E-state index in [4.69, 9.17) is 4.52 Å². The lowest BCUT2D eigenvalue weighted by Gasteiger charge is -2.37. The summed E-state index contributed by atoms with van der Waals surface area (Å²) in [6.07, 6.45) is 3.10. The Labute approximate surface area is 155 Å². The minimum Gasteiger partial charge on any atom is -0.351 e. The summed E-state index contributed by atoms with van der Waals surface area (Å²) in [5.41, 5.74) is 3.83. The van der Waals surface area contributed by atoms with Crippen LogP contribution in [-0.4, -0.2) is 53.1 Å². The first-order chi connectivity index (χ1) is 12.6. The highest BCUT2D eigenvalue weighted by Gasteiger charge is 2.31. The van der Waals surface area contributed by atoms with Crippen LogP contribution in [0.2, 0.25) is 0 Å². The molecule has 26 heavy (non-hydrogen) atoms. The van der Waals surface area contributed by atoms with E-state index in [-0.39, 0.29) is 5.91 Å². The second kappa shape index (κ2) is 7.23. The number of fused-ring (bicyclic) bond motifs is 1. The fourth-order valence-corrected chi connectivity index (χ4v) is 4.17. The number of amides is 1. The summed E-state index contributed by atoms with van der Waals surface area (Å²) in [6, 6.07) is 11.1. The lowest BCUT2D eigenvalue weighted by atomic mass is 10.1. The predicted octanol–water partition coefficient (Wildman–Crippen LogP) is 2.80. The molecule has 1 fully saturated rings. The van der Waals surface area contributed by atoms with Gasteiger partial charge in [0.2, 0.25) is 5.76 Å². The van der Waals surface area contributed by atoms with Crippen LogP contribution in [0.5, 0.6) is 0 Å². The van der Waals surface area contributed by atoms with Crippen LogP contribution in [0, 0.1) is 5.92 Å². The van der Waals surface area contributed by atoms with E-state index in [2.05, 4.69) is 48.2 Å². The molecule has 5 heteroatoms. The average molecular weight is 353 g/mol. The number of hydrogen-bond donors (Lipinski definition) is 0. The van der Waals surface area contributed by atoms with Gasteiger partial charge in [0.25, 0.3) is 5.91 Å². The number of piperazine rings is 1. The van der Waals surface area contributed by atoms with Gasteiger partial charge in [-0.2, -0.15) is 0 Å². The molecule has 1 saturated heterocycles. The number of nitrogens with zero attached hydrogens (tertiary/aromatic N) is 3. The van der Waals surface area contributed by atoms with E-state index in [1.54, 1.807) is 0 Å². The number of rotatable bonds is 4. The molecule has 2 heterocycles. The van der Waals surface area contributed by atoms with E-state index in [1.165, 1.54) is 11.1 Å². The zero-order chi connectivity index (χ0) is 18.1. The topological polar surface area (TPSA) is 49.6 Å². The second-order valence-electron chi connectivity index (χ2n) is 7.94. The maximum absolute atomic E-state index is 12.7. The molecule has 0 radical (unpaired) electrons. The summed E-state index contributed by atoms with van der Waals surface area (Å²) >= 11 is 0. The van der Waals surface area contributed by atoms with Crippen molar-refractivity contribution in [3.8, 4) is 0 Å². The molecule has 1 aromatic carbocycles. The minimum absolute atomic E-state index is 0.0261. The van der Waals surface area contributed by atoms with Gasteiger partial charge in [-0.3, -0.25) is 9.69 Å². The molecule has 4 rings (SSSR count). The first-order valence-electron chi connectivity index (χ1n) is 9.66. The molecule has 2 aliphatic rings. The first kappa shape index (κ1) is 17.3. The van der Waals surface area contributed by atoms with Crippen LogP contribution in [-0.2, 0) is 19.3 Å². The summed E-state index contributed by atoms with van der Waals surface area (Å²) in [5.74, 6) is 0.853. The fourth-order valence-electron chi connectivity index (χ4n) is 4.17. The maximum Gasteiger partial charge on any atom is 0.292 e. The highest BCUT2D eigenvalue weighted by atomic mass is 16.5. The van der Waals surface area contributed by atoms with Crippen molar-refractivity contribution in [3.63, 3.8) is 0 Å². The molecule has 5 nitrogen and oxygen atoms in total. The Hall–Kier alpha value is -2.14. The number of hydrogen-bond acceptors (Lipinski definition) is 4. The Balaban J connectivity index is 1.32. The zero-order valence-corrected chi connectivity index (χ0v) is 15.6. The SMILES string of the molecule is CC(C)Cc1cc(C(=O)N2CCN(C3Cc4ccccc4C3)CC2)on1. The molecular formula is C21H27N3O2. The van der Waals surface area contributed by atoms with E-state index in [9.17, 15) is 4.79 Å². The van der Waals surface area contributed by atoms with Crippen molar-refractivity contribution in [2.75, 3.05) is 26.2 Å². The van der Waals surface area contributed by atoms with Gasteiger partial charge in [0.05, 0.1) is 5.69 Å². The monoisotopic (exact) mass is 353 g/mol. The van der Waals surface area contributed by atoms with Gasteiger partial charge in [0, 0.05) is 38.3 Å². The molecule has 1 amide bonds. The van der Waals surface area contributed by atoms with Crippen molar-refractivity contribution in [2.24, 2.45) is 5.92 Å². The van der Waals surface area contributed by atoms with Crippen molar-refractivity contribution in [1.29, 1.82) is 0 Å². The van der Waals surface area contributed by atoms with E-state index in [0.29, 0.717) is 17.7 Å². The molecule has 138 valence electrons. The van der Waals surface area contributed by atoms with Crippen LogP contribution in [0.3, 0.4) is 0 Å². The smallest absolute Gasteiger partial charge is 0.292 e. The molecule has 1 aromatic heterocycles. The standard InChI is InChI=1S/C21H27N3O2/c1-15(2)11-18-14-20(26-22-18)21(25)24-9-7-23(8-10-24)19-12-16-5-3-4-6-17(16)13-19/h3-6,14-15,19H,7-13H2,1-2H3. The molecule has 0 atom stereocenters. The lowest BCUT2D eigenvalue weighted by molar-refractivity contribution is 0.0539.